The van der Waals surface area contributed by atoms with E-state index in [1.807, 2.05) is 49.3 Å². The first-order valence-electron chi connectivity index (χ1n) is 10.4. The summed E-state index contributed by atoms with van der Waals surface area (Å²) in [5.41, 5.74) is 2.95. The van der Waals surface area contributed by atoms with Crippen molar-refractivity contribution >= 4 is 34.4 Å². The van der Waals surface area contributed by atoms with E-state index < -0.39 is 11.8 Å². The van der Waals surface area contributed by atoms with Crippen molar-refractivity contribution in [3.63, 3.8) is 0 Å². The number of methoxy groups -OCH3 is 2. The Balaban J connectivity index is 1.84. The Kier molecular flexibility index (Phi) is 6.04. The molecule has 0 aromatic heterocycles. The number of hydrogen-bond donors (Lipinski definition) is 1. The van der Waals surface area contributed by atoms with E-state index in [4.69, 9.17) is 9.47 Å². The average molecular weight is 444 g/mol. The second kappa shape index (κ2) is 9.08. The van der Waals surface area contributed by atoms with Gasteiger partial charge in [-0.15, -0.1) is 0 Å². The number of rotatable bonds is 7. The normalized spacial score (nSPS) is 13.4. The number of amides is 2. The molecule has 7 heteroatoms. The summed E-state index contributed by atoms with van der Waals surface area (Å²) in [4.78, 5) is 30.4. The Labute approximate surface area is 192 Å². The van der Waals surface area contributed by atoms with Crippen LogP contribution in [0.1, 0.15) is 5.56 Å². The van der Waals surface area contributed by atoms with Crippen LogP contribution in [-0.2, 0) is 9.59 Å². The lowest BCUT2D eigenvalue weighted by molar-refractivity contribution is -0.120. The number of carbonyl (C=O) groups excluding carboxylic acids is 2. The number of anilines is 3. The molecule has 3 aromatic rings. The fourth-order valence-corrected chi connectivity index (χ4v) is 3.76. The average Bonchev–Trinajstić information content (AvgIpc) is 3.08. The van der Waals surface area contributed by atoms with Crippen LogP contribution >= 0.6 is 0 Å². The number of imide groups is 1. The van der Waals surface area contributed by atoms with Crippen LogP contribution in [0, 0.1) is 0 Å². The van der Waals surface area contributed by atoms with Gasteiger partial charge < -0.3 is 19.7 Å². The second-order valence-electron chi connectivity index (χ2n) is 7.63. The molecule has 0 unspecified atom stereocenters. The van der Waals surface area contributed by atoms with Crippen molar-refractivity contribution in [3.8, 4) is 11.5 Å². The summed E-state index contributed by atoms with van der Waals surface area (Å²) >= 11 is 0. The van der Waals surface area contributed by atoms with Crippen molar-refractivity contribution in [2.24, 2.45) is 0 Å². The molecular formula is C26H25N3O4. The summed E-state index contributed by atoms with van der Waals surface area (Å²) in [5.74, 6) is 0.167. The van der Waals surface area contributed by atoms with Crippen LogP contribution in [-0.4, -0.2) is 40.1 Å². The highest BCUT2D eigenvalue weighted by Crippen LogP contribution is 2.38. The van der Waals surface area contributed by atoms with Crippen molar-refractivity contribution in [3.05, 3.63) is 84.1 Å². The number of para-hydroxylation sites is 3. The molecule has 0 saturated carbocycles. The highest BCUT2D eigenvalue weighted by Gasteiger charge is 2.41. The van der Waals surface area contributed by atoms with Gasteiger partial charge in [0.2, 0.25) is 0 Å². The molecule has 1 aliphatic rings. The molecular weight excluding hydrogens is 418 g/mol. The monoisotopic (exact) mass is 443 g/mol. The van der Waals surface area contributed by atoms with Crippen molar-refractivity contribution in [1.82, 2.24) is 0 Å². The number of ether oxygens (including phenoxy) is 2. The Bertz CT molecular complexity index is 1230. The van der Waals surface area contributed by atoms with Gasteiger partial charge in [0.15, 0.2) is 0 Å². The quantitative estimate of drug-likeness (QED) is 0.553. The number of hydrogen-bond acceptors (Lipinski definition) is 6. The zero-order chi connectivity index (χ0) is 23.5. The van der Waals surface area contributed by atoms with Gasteiger partial charge in [0.1, 0.15) is 17.2 Å². The molecule has 0 radical (unpaired) electrons. The lowest BCUT2D eigenvalue weighted by atomic mass is 10.0. The highest BCUT2D eigenvalue weighted by atomic mass is 16.5. The van der Waals surface area contributed by atoms with E-state index in [9.17, 15) is 9.59 Å². The van der Waals surface area contributed by atoms with Crippen LogP contribution in [0.5, 0.6) is 11.5 Å². The molecule has 1 aliphatic heterocycles. The highest BCUT2D eigenvalue weighted by molar-refractivity contribution is 6.46. The van der Waals surface area contributed by atoms with Gasteiger partial charge in [0.05, 0.1) is 31.2 Å². The van der Waals surface area contributed by atoms with Crippen molar-refractivity contribution in [1.29, 1.82) is 0 Å². The van der Waals surface area contributed by atoms with Crippen molar-refractivity contribution in [2.75, 3.05) is 43.4 Å². The Morgan fingerprint density at radius 3 is 2.00 bits per heavy atom. The minimum Gasteiger partial charge on any atom is -0.496 e. The molecule has 0 spiro atoms. The maximum atomic E-state index is 13.7. The van der Waals surface area contributed by atoms with Crippen molar-refractivity contribution < 1.29 is 19.1 Å². The van der Waals surface area contributed by atoms with E-state index in [1.54, 1.807) is 49.6 Å². The summed E-state index contributed by atoms with van der Waals surface area (Å²) in [6, 6.07) is 21.6. The molecule has 7 nitrogen and oxygen atoms in total. The van der Waals surface area contributed by atoms with Gasteiger partial charge >= 0.3 is 0 Å². The summed E-state index contributed by atoms with van der Waals surface area (Å²) in [6.45, 7) is 0. The summed E-state index contributed by atoms with van der Waals surface area (Å²) < 4.78 is 10.9. The Morgan fingerprint density at radius 1 is 0.758 bits per heavy atom. The molecule has 1 heterocycles. The van der Waals surface area contributed by atoms with Gasteiger partial charge in [-0.2, -0.15) is 0 Å². The van der Waals surface area contributed by atoms with E-state index in [0.29, 0.717) is 28.4 Å². The minimum absolute atomic E-state index is 0.158. The third-order valence-electron chi connectivity index (χ3n) is 5.45. The summed E-state index contributed by atoms with van der Waals surface area (Å²) in [5, 5.41) is 3.15. The Hall–Kier alpha value is -4.26. The predicted octanol–water partition coefficient (Wildman–Crippen LogP) is 4.17. The van der Waals surface area contributed by atoms with Gasteiger partial charge in [-0.05, 0) is 42.5 Å². The van der Waals surface area contributed by atoms with Gasteiger partial charge in [0.25, 0.3) is 11.8 Å². The van der Waals surface area contributed by atoms with Gasteiger partial charge in [-0.25, -0.2) is 4.90 Å². The molecule has 33 heavy (non-hydrogen) atoms. The third-order valence-corrected chi connectivity index (χ3v) is 5.45. The second-order valence-corrected chi connectivity index (χ2v) is 7.63. The van der Waals surface area contributed by atoms with E-state index in [0.717, 1.165) is 5.69 Å². The Morgan fingerprint density at radius 2 is 1.36 bits per heavy atom. The standard InChI is InChI=1S/C26H25N3O4/c1-28(2)17-13-15-18(16-14-17)29-25(30)23(19-9-5-7-11-21(19)32-3)24(26(29)31)27-20-10-6-8-12-22(20)33-4/h5-16,27H,1-4H3. The predicted molar refractivity (Wildman–Crippen MR) is 130 cm³/mol. The van der Waals surface area contributed by atoms with Crippen LogP contribution in [0.15, 0.2) is 78.5 Å². The number of nitrogens with zero attached hydrogens (tertiary/aromatic N) is 2. The van der Waals surface area contributed by atoms with Gasteiger partial charge in [-0.1, -0.05) is 30.3 Å². The number of carbonyl (C=O) groups is 2. The molecule has 4 rings (SSSR count). The molecule has 3 aromatic carbocycles. The fraction of sp³-hybridized carbons (Fsp3) is 0.154. The summed E-state index contributed by atoms with van der Waals surface area (Å²) in [7, 11) is 6.94. The van der Waals surface area contributed by atoms with E-state index in [1.165, 1.54) is 12.0 Å². The largest absolute Gasteiger partial charge is 0.496 e. The lowest BCUT2D eigenvalue weighted by Gasteiger charge is -2.18. The summed E-state index contributed by atoms with van der Waals surface area (Å²) in [6.07, 6.45) is 0. The molecule has 0 bridgehead atoms. The van der Waals surface area contributed by atoms with Crippen LogP contribution in [0.2, 0.25) is 0 Å². The van der Waals surface area contributed by atoms with Crippen LogP contribution in [0.3, 0.4) is 0 Å². The maximum Gasteiger partial charge on any atom is 0.282 e. The van der Waals surface area contributed by atoms with Gasteiger partial charge in [-0.3, -0.25) is 9.59 Å². The molecule has 0 saturated heterocycles. The molecule has 0 aliphatic carbocycles. The number of nitrogens with one attached hydrogen (secondary N) is 1. The number of benzene rings is 3. The smallest absolute Gasteiger partial charge is 0.282 e. The molecule has 0 fully saturated rings. The molecule has 168 valence electrons. The zero-order valence-electron chi connectivity index (χ0n) is 19.0. The van der Waals surface area contributed by atoms with E-state index >= 15 is 0 Å². The maximum absolute atomic E-state index is 13.7. The first-order chi connectivity index (χ1) is 16.0. The SMILES string of the molecule is COc1ccccc1NC1=C(c2ccccc2OC)C(=O)N(c2ccc(N(C)C)cc2)C1=O. The van der Waals surface area contributed by atoms with Gasteiger partial charge in [0, 0.05) is 25.3 Å². The first kappa shape index (κ1) is 22.0. The van der Waals surface area contributed by atoms with Crippen LogP contribution in [0.25, 0.3) is 5.57 Å². The van der Waals surface area contributed by atoms with E-state index in [2.05, 4.69) is 5.32 Å². The van der Waals surface area contributed by atoms with E-state index in [-0.39, 0.29) is 11.3 Å². The topological polar surface area (TPSA) is 71.1 Å². The lowest BCUT2D eigenvalue weighted by Crippen LogP contribution is -2.32. The van der Waals surface area contributed by atoms with Crippen LogP contribution in [0.4, 0.5) is 17.1 Å². The molecule has 2 amide bonds. The molecule has 0 atom stereocenters. The molecule has 1 N–H and O–H groups in total. The fourth-order valence-electron chi connectivity index (χ4n) is 3.76. The third kappa shape index (κ3) is 4.01. The first-order valence-corrected chi connectivity index (χ1v) is 10.4. The van der Waals surface area contributed by atoms with Crippen molar-refractivity contribution in [2.45, 2.75) is 0 Å². The zero-order valence-corrected chi connectivity index (χ0v) is 19.0. The minimum atomic E-state index is -0.454. The van der Waals surface area contributed by atoms with Crippen LogP contribution < -0.4 is 24.6 Å².